The molecule has 0 N–H and O–H groups in total. The van der Waals surface area contributed by atoms with Crippen molar-refractivity contribution in [2.75, 3.05) is 52.9 Å². The molecule has 0 radical (unpaired) electrons. The zero-order valence-corrected chi connectivity index (χ0v) is 17.4. The summed E-state index contributed by atoms with van der Waals surface area (Å²) < 4.78 is 23.1. The van der Waals surface area contributed by atoms with Crippen LogP contribution >= 0.6 is 0 Å². The van der Waals surface area contributed by atoms with Crippen LogP contribution in [0.5, 0.6) is 0 Å². The highest BCUT2D eigenvalue weighted by Gasteiger charge is 2.32. The van der Waals surface area contributed by atoms with Crippen LogP contribution in [-0.4, -0.2) is 78.0 Å². The summed E-state index contributed by atoms with van der Waals surface area (Å²) in [5.74, 6) is 0. The molecule has 0 amide bonds. The molecule has 0 unspecified atom stereocenters. The van der Waals surface area contributed by atoms with E-state index in [1.54, 1.807) is 0 Å². The third-order valence-corrected chi connectivity index (χ3v) is 4.08. The van der Waals surface area contributed by atoms with Crippen molar-refractivity contribution in [1.29, 1.82) is 0 Å². The summed E-state index contributed by atoms with van der Waals surface area (Å²) in [6.07, 6.45) is 7.77. The lowest BCUT2D eigenvalue weighted by Crippen LogP contribution is -2.42. The first-order valence-electron chi connectivity index (χ1n) is 10.3. The maximum atomic E-state index is 10.5. The molecule has 0 aromatic carbocycles. The largest absolute Gasteiger partial charge is 0.381 e. The van der Waals surface area contributed by atoms with E-state index in [1.165, 1.54) is 0 Å². The first kappa shape index (κ1) is 27.5. The first-order valence-corrected chi connectivity index (χ1v) is 10.3. The summed E-state index contributed by atoms with van der Waals surface area (Å²) in [7, 11) is 0. The lowest BCUT2D eigenvalue weighted by atomic mass is 9.92. The zero-order valence-electron chi connectivity index (χ0n) is 17.4. The second-order valence-electron chi connectivity index (χ2n) is 6.95. The van der Waals surface area contributed by atoms with Crippen LogP contribution in [0.25, 0.3) is 0 Å². The molecule has 0 fully saturated rings. The molecule has 29 heavy (non-hydrogen) atoms. The minimum atomic E-state index is -0.551. The summed E-state index contributed by atoms with van der Waals surface area (Å²) in [6, 6.07) is 0. The standard InChI is InChI=1S/C21H36O8/c22-9-1-5-13-26-17-21(18-27-14-6-2-10-23,19-28-15-7-3-11-24)20-29-16-8-4-12-25/h9-12H,1-8,13-20H2. The molecule has 0 aromatic rings. The van der Waals surface area contributed by atoms with E-state index in [4.69, 9.17) is 18.9 Å². The molecule has 0 saturated heterocycles. The van der Waals surface area contributed by atoms with Crippen molar-refractivity contribution in [2.45, 2.75) is 51.4 Å². The smallest absolute Gasteiger partial charge is 0.120 e. The predicted octanol–water partition coefficient (Wildman–Crippen LogP) is 1.96. The molecule has 0 aliphatic heterocycles. The molecular formula is C21H36O8. The van der Waals surface area contributed by atoms with Crippen molar-refractivity contribution in [2.24, 2.45) is 5.41 Å². The topological polar surface area (TPSA) is 105 Å². The SMILES string of the molecule is O=CCCCOCC(COCCCC=O)(COCCCC=O)COCCCC=O. The van der Waals surface area contributed by atoms with Crippen LogP contribution in [0.1, 0.15) is 51.4 Å². The number of unbranched alkanes of at least 4 members (excludes halogenated alkanes) is 4. The molecule has 0 spiro atoms. The lowest BCUT2D eigenvalue weighted by molar-refractivity contribution is -0.114. The van der Waals surface area contributed by atoms with Crippen molar-refractivity contribution in [3.8, 4) is 0 Å². The Balaban J connectivity index is 4.76. The molecule has 0 aliphatic rings. The number of hydrogen-bond donors (Lipinski definition) is 0. The third kappa shape index (κ3) is 17.1. The average molecular weight is 417 g/mol. The molecule has 0 rings (SSSR count). The van der Waals surface area contributed by atoms with E-state index in [-0.39, 0.29) is 0 Å². The van der Waals surface area contributed by atoms with E-state index >= 15 is 0 Å². The van der Waals surface area contributed by atoms with E-state index in [1.807, 2.05) is 0 Å². The van der Waals surface area contributed by atoms with E-state index in [9.17, 15) is 19.2 Å². The number of aldehydes is 4. The van der Waals surface area contributed by atoms with Gasteiger partial charge in [-0.05, 0) is 25.7 Å². The van der Waals surface area contributed by atoms with Gasteiger partial charge in [0.15, 0.2) is 0 Å². The normalized spacial score (nSPS) is 11.3. The van der Waals surface area contributed by atoms with Gasteiger partial charge in [-0.2, -0.15) is 0 Å². The maximum Gasteiger partial charge on any atom is 0.120 e. The Kier molecular flexibility index (Phi) is 20.2. The van der Waals surface area contributed by atoms with E-state index in [0.29, 0.717) is 104 Å². The summed E-state index contributed by atoms with van der Waals surface area (Å²) >= 11 is 0. The quantitative estimate of drug-likeness (QED) is 0.174. The van der Waals surface area contributed by atoms with Gasteiger partial charge in [0.2, 0.25) is 0 Å². The van der Waals surface area contributed by atoms with Gasteiger partial charge in [0.1, 0.15) is 25.1 Å². The summed E-state index contributed by atoms with van der Waals surface area (Å²) in [4.78, 5) is 41.8. The Labute approximate surface area is 173 Å². The number of carbonyl (C=O) groups is 4. The van der Waals surface area contributed by atoms with Gasteiger partial charge in [0.25, 0.3) is 0 Å². The van der Waals surface area contributed by atoms with Crippen LogP contribution < -0.4 is 0 Å². The average Bonchev–Trinajstić information content (AvgIpc) is 2.73. The number of carbonyl (C=O) groups excluding carboxylic acids is 4. The number of hydrogen-bond acceptors (Lipinski definition) is 8. The van der Waals surface area contributed by atoms with Crippen molar-refractivity contribution >= 4 is 25.1 Å². The van der Waals surface area contributed by atoms with E-state index < -0.39 is 5.41 Å². The number of rotatable bonds is 24. The van der Waals surface area contributed by atoms with Crippen LogP contribution in [0.4, 0.5) is 0 Å². The molecule has 0 atom stereocenters. The highest BCUT2D eigenvalue weighted by molar-refractivity contribution is 5.49. The molecule has 0 heterocycles. The van der Waals surface area contributed by atoms with E-state index in [0.717, 1.165) is 25.1 Å². The van der Waals surface area contributed by atoms with Crippen LogP contribution in [0.2, 0.25) is 0 Å². The lowest BCUT2D eigenvalue weighted by Gasteiger charge is -2.33. The fraction of sp³-hybridized carbons (Fsp3) is 0.810. The second-order valence-corrected chi connectivity index (χ2v) is 6.95. The number of ether oxygens (including phenoxy) is 4. The molecule has 0 bridgehead atoms. The van der Waals surface area contributed by atoms with Crippen molar-refractivity contribution in [1.82, 2.24) is 0 Å². The van der Waals surface area contributed by atoms with Gasteiger partial charge < -0.3 is 38.1 Å². The highest BCUT2D eigenvalue weighted by atomic mass is 16.5. The third-order valence-electron chi connectivity index (χ3n) is 4.08. The van der Waals surface area contributed by atoms with Gasteiger partial charge in [-0.3, -0.25) is 0 Å². The minimum absolute atomic E-state index is 0.334. The molecule has 0 aromatic heterocycles. The van der Waals surface area contributed by atoms with Crippen LogP contribution in [-0.2, 0) is 38.1 Å². The molecule has 8 heteroatoms. The summed E-state index contributed by atoms with van der Waals surface area (Å²) in [5.41, 5.74) is -0.551. The van der Waals surface area contributed by atoms with Crippen LogP contribution in [0.15, 0.2) is 0 Å². The Morgan fingerprint density at radius 2 is 0.690 bits per heavy atom. The zero-order chi connectivity index (χ0) is 21.5. The predicted molar refractivity (Wildman–Crippen MR) is 107 cm³/mol. The molecule has 0 aliphatic carbocycles. The van der Waals surface area contributed by atoms with Crippen LogP contribution in [0.3, 0.4) is 0 Å². The van der Waals surface area contributed by atoms with Crippen molar-refractivity contribution in [3.05, 3.63) is 0 Å². The van der Waals surface area contributed by atoms with Crippen molar-refractivity contribution in [3.63, 3.8) is 0 Å². The fourth-order valence-electron chi connectivity index (χ4n) is 2.48. The molecule has 8 nitrogen and oxygen atoms in total. The molecular weight excluding hydrogens is 380 g/mol. The monoisotopic (exact) mass is 416 g/mol. The Morgan fingerprint density at radius 1 is 0.448 bits per heavy atom. The van der Waals surface area contributed by atoms with E-state index in [2.05, 4.69) is 0 Å². The van der Waals surface area contributed by atoms with Gasteiger partial charge in [-0.25, -0.2) is 0 Å². The fourth-order valence-corrected chi connectivity index (χ4v) is 2.48. The van der Waals surface area contributed by atoms with Crippen molar-refractivity contribution < 1.29 is 38.1 Å². The maximum absolute atomic E-state index is 10.5. The Hall–Kier alpha value is -1.48. The molecule has 168 valence electrons. The Bertz CT molecular complexity index is 336. The summed E-state index contributed by atoms with van der Waals surface area (Å²) in [5, 5.41) is 0. The second kappa shape index (κ2) is 21.2. The van der Waals surface area contributed by atoms with Crippen LogP contribution in [0, 0.1) is 5.41 Å². The molecule has 0 saturated carbocycles. The van der Waals surface area contributed by atoms with Gasteiger partial charge in [0.05, 0.1) is 31.8 Å². The first-order chi connectivity index (χ1) is 14.2. The highest BCUT2D eigenvalue weighted by Crippen LogP contribution is 2.21. The van der Waals surface area contributed by atoms with Gasteiger partial charge in [0, 0.05) is 52.1 Å². The van der Waals surface area contributed by atoms with Gasteiger partial charge >= 0.3 is 0 Å². The van der Waals surface area contributed by atoms with Gasteiger partial charge in [-0.1, -0.05) is 0 Å². The summed E-state index contributed by atoms with van der Waals surface area (Å²) in [6.45, 7) is 3.12. The Morgan fingerprint density at radius 3 is 0.897 bits per heavy atom. The minimum Gasteiger partial charge on any atom is -0.381 e. The van der Waals surface area contributed by atoms with Gasteiger partial charge in [-0.15, -0.1) is 0 Å².